The number of halogens is 3. The van der Waals surface area contributed by atoms with Gasteiger partial charge in [-0.2, -0.15) is 13.2 Å². The molecule has 3 aromatic rings. The van der Waals surface area contributed by atoms with Gasteiger partial charge < -0.3 is 5.32 Å². The van der Waals surface area contributed by atoms with Crippen LogP contribution in [0.1, 0.15) is 33.4 Å². The smallest absolute Gasteiger partial charge is 0.350 e. The van der Waals surface area contributed by atoms with E-state index in [1.54, 1.807) is 25.1 Å². The first-order valence-electron chi connectivity index (χ1n) is 10.7. The predicted molar refractivity (Wildman–Crippen MR) is 126 cm³/mol. The number of carbonyl (C=O) groups is 2. The molecule has 0 aromatic heterocycles. The first-order chi connectivity index (χ1) is 16.0. The van der Waals surface area contributed by atoms with E-state index in [9.17, 15) is 22.8 Å². The zero-order valence-corrected chi connectivity index (χ0v) is 19.2. The highest BCUT2D eigenvalue weighted by atomic mass is 19.4. The molecule has 0 bridgehead atoms. The van der Waals surface area contributed by atoms with Crippen LogP contribution < -0.4 is 10.2 Å². The van der Waals surface area contributed by atoms with Crippen molar-refractivity contribution < 1.29 is 22.8 Å². The van der Waals surface area contributed by atoms with Crippen molar-refractivity contribution in [1.82, 2.24) is 0 Å². The van der Waals surface area contributed by atoms with Crippen LogP contribution >= 0.6 is 0 Å². The van der Waals surface area contributed by atoms with Gasteiger partial charge in [0.1, 0.15) is 5.70 Å². The second-order valence-corrected chi connectivity index (χ2v) is 8.51. The van der Waals surface area contributed by atoms with E-state index in [2.05, 4.69) is 5.32 Å². The molecule has 0 spiro atoms. The van der Waals surface area contributed by atoms with E-state index < -0.39 is 23.6 Å². The minimum absolute atomic E-state index is 0.0590. The Bertz CT molecular complexity index is 1360. The quantitative estimate of drug-likeness (QED) is 0.459. The summed E-state index contributed by atoms with van der Waals surface area (Å²) < 4.78 is 39.7. The maximum absolute atomic E-state index is 13.6. The van der Waals surface area contributed by atoms with Gasteiger partial charge in [0.2, 0.25) is 0 Å². The van der Waals surface area contributed by atoms with Crippen molar-refractivity contribution in [3.05, 3.63) is 99.7 Å². The van der Waals surface area contributed by atoms with Crippen molar-refractivity contribution >= 4 is 28.8 Å². The number of rotatable bonds is 4. The third kappa shape index (κ3) is 4.21. The van der Waals surface area contributed by atoms with E-state index >= 15 is 0 Å². The van der Waals surface area contributed by atoms with Gasteiger partial charge in [-0.3, -0.25) is 9.59 Å². The Kier molecular flexibility index (Phi) is 5.81. The summed E-state index contributed by atoms with van der Waals surface area (Å²) in [5.41, 5.74) is 3.74. The lowest BCUT2D eigenvalue weighted by Gasteiger charge is -2.18. The summed E-state index contributed by atoms with van der Waals surface area (Å²) in [6.45, 7) is 7.45. The normalized spacial score (nSPS) is 14.3. The molecular formula is C27H23F3N2O2. The molecule has 0 fully saturated rings. The maximum atomic E-state index is 13.6. The minimum atomic E-state index is -4.54. The highest BCUT2D eigenvalue weighted by Gasteiger charge is 2.41. The van der Waals surface area contributed by atoms with Gasteiger partial charge in [0.05, 0.1) is 16.8 Å². The molecule has 3 aromatic carbocycles. The molecular weight excluding hydrogens is 441 g/mol. The topological polar surface area (TPSA) is 49.4 Å². The Balaban J connectivity index is 1.87. The summed E-state index contributed by atoms with van der Waals surface area (Å²) in [5, 5.41) is 2.82. The molecule has 0 saturated heterocycles. The third-order valence-electron chi connectivity index (χ3n) is 5.79. The summed E-state index contributed by atoms with van der Waals surface area (Å²) in [6.07, 6.45) is -4.54. The molecule has 1 heterocycles. The van der Waals surface area contributed by atoms with Gasteiger partial charge in [-0.1, -0.05) is 47.5 Å². The number of amides is 2. The van der Waals surface area contributed by atoms with Crippen LogP contribution in [-0.2, 0) is 15.8 Å². The summed E-state index contributed by atoms with van der Waals surface area (Å²) in [7, 11) is 0. The molecule has 1 aliphatic heterocycles. The predicted octanol–water partition coefficient (Wildman–Crippen LogP) is 6.34. The average molecular weight is 464 g/mol. The highest BCUT2D eigenvalue weighted by Crippen LogP contribution is 2.37. The summed E-state index contributed by atoms with van der Waals surface area (Å²) in [4.78, 5) is 28.3. The van der Waals surface area contributed by atoms with Crippen LogP contribution in [0.25, 0.3) is 5.57 Å². The van der Waals surface area contributed by atoms with Gasteiger partial charge in [-0.05, 0) is 68.7 Å². The molecule has 1 aliphatic rings. The molecule has 0 saturated carbocycles. The lowest BCUT2D eigenvalue weighted by Crippen LogP contribution is -2.33. The lowest BCUT2D eigenvalue weighted by atomic mass is 9.97. The molecule has 34 heavy (non-hydrogen) atoms. The molecule has 7 heteroatoms. The number of benzene rings is 3. The number of carbonyl (C=O) groups excluding carboxylic acids is 2. The summed E-state index contributed by atoms with van der Waals surface area (Å²) >= 11 is 0. The lowest BCUT2D eigenvalue weighted by molar-refractivity contribution is -0.137. The number of nitrogens with zero attached hydrogens (tertiary/aromatic N) is 1. The van der Waals surface area contributed by atoms with Crippen molar-refractivity contribution in [1.29, 1.82) is 0 Å². The number of aryl methyl sites for hydroxylation is 4. The number of nitrogens with one attached hydrogen (secondary N) is 1. The van der Waals surface area contributed by atoms with Crippen molar-refractivity contribution in [3.8, 4) is 0 Å². The number of imide groups is 1. The molecule has 2 amide bonds. The monoisotopic (exact) mass is 464 g/mol. The Hall–Kier alpha value is -3.87. The molecule has 4 rings (SSSR count). The number of hydrogen-bond acceptors (Lipinski definition) is 3. The molecule has 4 nitrogen and oxygen atoms in total. The van der Waals surface area contributed by atoms with Gasteiger partial charge >= 0.3 is 6.18 Å². The number of alkyl halides is 3. The van der Waals surface area contributed by atoms with Crippen molar-refractivity contribution in [2.45, 2.75) is 33.9 Å². The highest BCUT2D eigenvalue weighted by molar-refractivity contribution is 6.46. The standard InChI is InChI=1S/C27H23F3N2O2/c1-15-8-10-21(17(3)12-15)23-24(31-20-7-5-6-19(14-20)27(28,29)30)26(34)32(25(23)33)22-11-9-16(2)13-18(22)4/h5-14,31H,1-4H3. The molecule has 0 radical (unpaired) electrons. The van der Waals surface area contributed by atoms with Crippen LogP contribution in [0.4, 0.5) is 24.5 Å². The Morgan fingerprint density at radius 2 is 1.41 bits per heavy atom. The Morgan fingerprint density at radius 3 is 2.03 bits per heavy atom. The Labute approximate surface area is 195 Å². The fourth-order valence-electron chi connectivity index (χ4n) is 4.18. The van der Waals surface area contributed by atoms with E-state index in [4.69, 9.17) is 0 Å². The molecule has 0 atom stereocenters. The van der Waals surface area contributed by atoms with E-state index in [1.165, 1.54) is 12.1 Å². The maximum Gasteiger partial charge on any atom is 0.416 e. The van der Waals surface area contributed by atoms with E-state index in [0.717, 1.165) is 39.3 Å². The van der Waals surface area contributed by atoms with Gasteiger partial charge in [0.25, 0.3) is 11.8 Å². The largest absolute Gasteiger partial charge is 0.416 e. The van der Waals surface area contributed by atoms with Gasteiger partial charge in [-0.25, -0.2) is 4.90 Å². The SMILES string of the molecule is Cc1ccc(C2=C(Nc3cccc(C(F)(F)F)c3)C(=O)N(c3ccc(C)cc3C)C2=O)c(C)c1. The fraction of sp³-hybridized carbons (Fsp3) is 0.185. The van der Waals surface area contributed by atoms with Crippen LogP contribution in [0.15, 0.2) is 66.4 Å². The zero-order chi connectivity index (χ0) is 24.8. The minimum Gasteiger partial charge on any atom is -0.350 e. The van der Waals surface area contributed by atoms with Crippen LogP contribution in [-0.4, -0.2) is 11.8 Å². The second kappa shape index (κ2) is 8.48. The number of anilines is 2. The van der Waals surface area contributed by atoms with Gasteiger partial charge in [-0.15, -0.1) is 0 Å². The molecule has 0 unspecified atom stereocenters. The second-order valence-electron chi connectivity index (χ2n) is 8.51. The van der Waals surface area contributed by atoms with Gasteiger partial charge in [0.15, 0.2) is 0 Å². The summed E-state index contributed by atoms with van der Waals surface area (Å²) in [6, 6.07) is 15.4. The van der Waals surface area contributed by atoms with Crippen molar-refractivity contribution in [3.63, 3.8) is 0 Å². The van der Waals surface area contributed by atoms with E-state index in [-0.39, 0.29) is 17.0 Å². The van der Waals surface area contributed by atoms with Crippen molar-refractivity contribution in [2.24, 2.45) is 0 Å². The van der Waals surface area contributed by atoms with E-state index in [0.29, 0.717) is 11.3 Å². The van der Waals surface area contributed by atoms with Crippen LogP contribution in [0, 0.1) is 27.7 Å². The Morgan fingerprint density at radius 1 is 0.765 bits per heavy atom. The van der Waals surface area contributed by atoms with Crippen LogP contribution in [0.2, 0.25) is 0 Å². The molecule has 0 aliphatic carbocycles. The molecule has 1 N–H and O–H groups in total. The zero-order valence-electron chi connectivity index (χ0n) is 19.2. The van der Waals surface area contributed by atoms with Gasteiger partial charge in [0, 0.05) is 5.69 Å². The number of hydrogen-bond donors (Lipinski definition) is 1. The first-order valence-corrected chi connectivity index (χ1v) is 10.7. The molecule has 174 valence electrons. The van der Waals surface area contributed by atoms with Crippen molar-refractivity contribution in [2.75, 3.05) is 10.2 Å². The van der Waals surface area contributed by atoms with Crippen LogP contribution in [0.5, 0.6) is 0 Å². The van der Waals surface area contributed by atoms with Crippen LogP contribution in [0.3, 0.4) is 0 Å². The van der Waals surface area contributed by atoms with E-state index in [1.807, 2.05) is 39.0 Å². The third-order valence-corrected chi connectivity index (χ3v) is 5.79. The average Bonchev–Trinajstić information content (AvgIpc) is 2.98. The first kappa shape index (κ1) is 23.3. The fourth-order valence-corrected chi connectivity index (χ4v) is 4.18. The summed E-state index contributed by atoms with van der Waals surface area (Å²) in [5.74, 6) is -1.15.